The molecular formula is C20H26N2O3. The van der Waals surface area contributed by atoms with Crippen molar-refractivity contribution in [1.29, 1.82) is 0 Å². The Balaban J connectivity index is 2.02. The molecule has 0 atom stereocenters. The van der Waals surface area contributed by atoms with Crippen molar-refractivity contribution in [2.45, 2.75) is 47.2 Å². The number of carbonyl (C=O) groups is 2. The van der Waals surface area contributed by atoms with Gasteiger partial charge in [-0.25, -0.2) is 0 Å². The SMILES string of the molecule is Cc1oc(C)c(C(=O)NCc2ccc(C(=O)N(C)C(C)C)cc2)c1C. The van der Waals surface area contributed by atoms with Gasteiger partial charge in [0.25, 0.3) is 11.8 Å². The van der Waals surface area contributed by atoms with E-state index < -0.39 is 0 Å². The molecule has 134 valence electrons. The van der Waals surface area contributed by atoms with Gasteiger partial charge in [-0.3, -0.25) is 9.59 Å². The molecule has 25 heavy (non-hydrogen) atoms. The minimum absolute atomic E-state index is 0.00860. The molecule has 1 heterocycles. The second-order valence-corrected chi connectivity index (χ2v) is 6.60. The molecule has 1 N–H and O–H groups in total. The first-order valence-electron chi connectivity index (χ1n) is 8.43. The van der Waals surface area contributed by atoms with Gasteiger partial charge in [0.1, 0.15) is 11.5 Å². The number of furan rings is 1. The molecule has 1 aromatic carbocycles. The van der Waals surface area contributed by atoms with E-state index in [0.717, 1.165) is 16.9 Å². The Morgan fingerprint density at radius 2 is 1.68 bits per heavy atom. The number of benzene rings is 1. The Kier molecular flexibility index (Phi) is 5.67. The third-order valence-electron chi connectivity index (χ3n) is 4.54. The lowest BCUT2D eigenvalue weighted by Crippen LogP contribution is -2.32. The summed E-state index contributed by atoms with van der Waals surface area (Å²) in [4.78, 5) is 26.4. The number of rotatable bonds is 5. The molecule has 5 heteroatoms. The standard InChI is InChI=1S/C20H26N2O3/c1-12(2)22(6)20(24)17-9-7-16(8-10-17)11-21-19(23)18-13(3)14(4)25-15(18)5/h7-10,12H,11H2,1-6H3,(H,21,23). The van der Waals surface area contributed by atoms with Crippen LogP contribution in [0.25, 0.3) is 0 Å². The van der Waals surface area contributed by atoms with Crippen LogP contribution in [0.15, 0.2) is 28.7 Å². The van der Waals surface area contributed by atoms with Crippen molar-refractivity contribution < 1.29 is 14.0 Å². The van der Waals surface area contributed by atoms with Crippen molar-refractivity contribution in [3.05, 3.63) is 58.0 Å². The van der Waals surface area contributed by atoms with Crippen molar-refractivity contribution in [3.63, 3.8) is 0 Å². The van der Waals surface area contributed by atoms with Crippen molar-refractivity contribution in [3.8, 4) is 0 Å². The lowest BCUT2D eigenvalue weighted by molar-refractivity contribution is 0.0754. The highest BCUT2D eigenvalue weighted by atomic mass is 16.3. The maximum atomic E-state index is 12.4. The third-order valence-corrected chi connectivity index (χ3v) is 4.54. The highest BCUT2D eigenvalue weighted by Crippen LogP contribution is 2.20. The van der Waals surface area contributed by atoms with Crippen LogP contribution in [0.1, 0.15) is 57.2 Å². The summed E-state index contributed by atoms with van der Waals surface area (Å²) in [5, 5.41) is 2.91. The smallest absolute Gasteiger partial charge is 0.255 e. The molecule has 2 aromatic rings. The zero-order valence-electron chi connectivity index (χ0n) is 15.8. The van der Waals surface area contributed by atoms with Crippen LogP contribution in [0.2, 0.25) is 0 Å². The van der Waals surface area contributed by atoms with Crippen molar-refractivity contribution in [1.82, 2.24) is 10.2 Å². The van der Waals surface area contributed by atoms with Crippen LogP contribution >= 0.6 is 0 Å². The molecule has 0 fully saturated rings. The van der Waals surface area contributed by atoms with Gasteiger partial charge in [-0.2, -0.15) is 0 Å². The Morgan fingerprint density at radius 1 is 1.08 bits per heavy atom. The Bertz CT molecular complexity index is 773. The first kappa shape index (κ1) is 18.8. The molecule has 0 saturated carbocycles. The van der Waals surface area contributed by atoms with Gasteiger partial charge < -0.3 is 14.6 Å². The van der Waals surface area contributed by atoms with Crippen LogP contribution in [0.4, 0.5) is 0 Å². The summed E-state index contributed by atoms with van der Waals surface area (Å²) in [6.07, 6.45) is 0. The average Bonchev–Trinajstić information content (AvgIpc) is 2.84. The molecule has 0 unspecified atom stereocenters. The predicted octanol–water partition coefficient (Wildman–Crippen LogP) is 3.62. The number of amides is 2. The quantitative estimate of drug-likeness (QED) is 0.903. The van der Waals surface area contributed by atoms with Gasteiger partial charge in [0.15, 0.2) is 0 Å². The number of hydrogen-bond acceptors (Lipinski definition) is 3. The highest BCUT2D eigenvalue weighted by molar-refractivity contribution is 5.97. The third kappa shape index (κ3) is 4.10. The molecule has 2 amide bonds. The molecule has 0 aliphatic carbocycles. The lowest BCUT2D eigenvalue weighted by atomic mass is 10.1. The van der Waals surface area contributed by atoms with Crippen LogP contribution in [-0.4, -0.2) is 29.8 Å². The van der Waals surface area contributed by atoms with Gasteiger partial charge in [-0.15, -0.1) is 0 Å². The fourth-order valence-electron chi connectivity index (χ4n) is 2.60. The molecule has 1 aromatic heterocycles. The molecule has 2 rings (SSSR count). The van der Waals surface area contributed by atoms with E-state index in [1.165, 1.54) is 0 Å². The maximum Gasteiger partial charge on any atom is 0.255 e. The van der Waals surface area contributed by atoms with Gasteiger partial charge in [-0.1, -0.05) is 12.1 Å². The first-order valence-corrected chi connectivity index (χ1v) is 8.43. The topological polar surface area (TPSA) is 62.6 Å². The molecule has 0 bridgehead atoms. The summed E-state index contributed by atoms with van der Waals surface area (Å²) >= 11 is 0. The minimum atomic E-state index is -0.147. The van der Waals surface area contributed by atoms with Crippen molar-refractivity contribution in [2.24, 2.45) is 0 Å². The Morgan fingerprint density at radius 3 is 2.16 bits per heavy atom. The summed E-state index contributed by atoms with van der Waals surface area (Å²) in [7, 11) is 1.79. The zero-order chi connectivity index (χ0) is 18.7. The van der Waals surface area contributed by atoms with Gasteiger partial charge in [-0.05, 0) is 52.3 Å². The van der Waals surface area contributed by atoms with E-state index in [-0.39, 0.29) is 17.9 Å². The molecule has 0 spiro atoms. The van der Waals surface area contributed by atoms with Gasteiger partial charge >= 0.3 is 0 Å². The Labute approximate surface area is 149 Å². The van der Waals surface area contributed by atoms with Crippen molar-refractivity contribution in [2.75, 3.05) is 7.05 Å². The van der Waals surface area contributed by atoms with Crippen LogP contribution in [0, 0.1) is 20.8 Å². The minimum Gasteiger partial charge on any atom is -0.466 e. The molecule has 0 radical (unpaired) electrons. The summed E-state index contributed by atoms with van der Waals surface area (Å²) in [6, 6.07) is 7.46. The summed E-state index contributed by atoms with van der Waals surface area (Å²) in [5.74, 6) is 1.24. The van der Waals surface area contributed by atoms with E-state index in [4.69, 9.17) is 4.42 Å². The molecular weight excluding hydrogens is 316 g/mol. The van der Waals surface area contributed by atoms with E-state index in [9.17, 15) is 9.59 Å². The van der Waals surface area contributed by atoms with Crippen LogP contribution in [0.3, 0.4) is 0 Å². The molecule has 0 saturated heterocycles. The summed E-state index contributed by atoms with van der Waals surface area (Å²) < 4.78 is 5.50. The predicted molar refractivity (Wildman–Crippen MR) is 97.8 cm³/mol. The van der Waals surface area contributed by atoms with E-state index in [1.807, 2.05) is 39.8 Å². The summed E-state index contributed by atoms with van der Waals surface area (Å²) in [5.41, 5.74) is 3.05. The number of hydrogen-bond donors (Lipinski definition) is 1. The maximum absolute atomic E-state index is 12.4. The fourth-order valence-corrected chi connectivity index (χ4v) is 2.60. The number of nitrogens with zero attached hydrogens (tertiary/aromatic N) is 1. The van der Waals surface area contributed by atoms with E-state index >= 15 is 0 Å². The number of aryl methyl sites for hydroxylation is 2. The average molecular weight is 342 g/mol. The van der Waals surface area contributed by atoms with Crippen LogP contribution in [-0.2, 0) is 6.54 Å². The van der Waals surface area contributed by atoms with Crippen LogP contribution < -0.4 is 5.32 Å². The molecule has 0 aliphatic heterocycles. The normalized spacial score (nSPS) is 10.8. The van der Waals surface area contributed by atoms with Gasteiger partial charge in [0, 0.05) is 30.8 Å². The van der Waals surface area contributed by atoms with Gasteiger partial charge in [0.2, 0.25) is 0 Å². The largest absolute Gasteiger partial charge is 0.466 e. The number of carbonyl (C=O) groups excluding carboxylic acids is 2. The van der Waals surface area contributed by atoms with E-state index in [0.29, 0.717) is 23.4 Å². The second-order valence-electron chi connectivity index (χ2n) is 6.60. The van der Waals surface area contributed by atoms with Gasteiger partial charge in [0.05, 0.1) is 5.56 Å². The number of nitrogens with one attached hydrogen (secondary N) is 1. The zero-order valence-corrected chi connectivity index (χ0v) is 15.8. The van der Waals surface area contributed by atoms with Crippen molar-refractivity contribution >= 4 is 11.8 Å². The first-order chi connectivity index (χ1) is 11.7. The van der Waals surface area contributed by atoms with E-state index in [1.54, 1.807) is 31.0 Å². The second kappa shape index (κ2) is 7.55. The molecule has 5 nitrogen and oxygen atoms in total. The monoisotopic (exact) mass is 342 g/mol. The molecule has 0 aliphatic rings. The highest BCUT2D eigenvalue weighted by Gasteiger charge is 2.18. The summed E-state index contributed by atoms with van der Waals surface area (Å²) in [6.45, 7) is 9.87. The fraction of sp³-hybridized carbons (Fsp3) is 0.400. The van der Waals surface area contributed by atoms with Crippen LogP contribution in [0.5, 0.6) is 0 Å². The Hall–Kier alpha value is -2.56. The lowest BCUT2D eigenvalue weighted by Gasteiger charge is -2.21. The van der Waals surface area contributed by atoms with E-state index in [2.05, 4.69) is 5.32 Å².